The molecular formula is C12H20N4O. The zero-order chi connectivity index (χ0) is 13.0. The first-order chi connectivity index (χ1) is 7.99. The minimum Gasteiger partial charge on any atom is -0.380 e. The lowest BCUT2D eigenvalue weighted by Crippen LogP contribution is -2.29. The normalized spacial score (nSPS) is 12.2. The minimum absolute atomic E-state index is 0.134. The number of nitrogens with one attached hydrogen (secondary N) is 1. The molecule has 0 aliphatic heterocycles. The summed E-state index contributed by atoms with van der Waals surface area (Å²) in [5.74, 6) is -0.468. The van der Waals surface area contributed by atoms with E-state index < -0.39 is 5.91 Å². The Kier molecular flexibility index (Phi) is 4.45. The van der Waals surface area contributed by atoms with Gasteiger partial charge in [0.25, 0.3) is 5.91 Å². The number of aromatic nitrogens is 1. The second-order valence-electron chi connectivity index (χ2n) is 4.12. The van der Waals surface area contributed by atoms with E-state index in [1.165, 1.54) is 0 Å². The van der Waals surface area contributed by atoms with Crippen molar-refractivity contribution >= 4 is 11.6 Å². The number of nitrogens with two attached hydrogens (primary N) is 2. The molecule has 1 unspecified atom stereocenters. The molecule has 0 radical (unpaired) electrons. The van der Waals surface area contributed by atoms with E-state index >= 15 is 0 Å². The van der Waals surface area contributed by atoms with E-state index in [0.717, 1.165) is 17.8 Å². The monoisotopic (exact) mass is 236 g/mol. The highest BCUT2D eigenvalue weighted by molar-refractivity contribution is 5.99. The Morgan fingerprint density at radius 3 is 2.65 bits per heavy atom. The quantitative estimate of drug-likeness (QED) is 0.709. The molecule has 1 heterocycles. The molecule has 0 aliphatic carbocycles. The highest BCUT2D eigenvalue weighted by Crippen LogP contribution is 2.20. The molecular weight excluding hydrogens is 216 g/mol. The van der Waals surface area contributed by atoms with Crippen molar-refractivity contribution in [1.82, 2.24) is 4.98 Å². The molecule has 1 aromatic heterocycles. The lowest BCUT2D eigenvalue weighted by Gasteiger charge is -2.19. The highest BCUT2D eigenvalue weighted by Gasteiger charge is 2.15. The van der Waals surface area contributed by atoms with Gasteiger partial charge < -0.3 is 16.8 Å². The van der Waals surface area contributed by atoms with Crippen molar-refractivity contribution in [2.75, 3.05) is 11.9 Å². The van der Waals surface area contributed by atoms with Crippen LogP contribution in [0.15, 0.2) is 6.07 Å². The van der Waals surface area contributed by atoms with E-state index in [4.69, 9.17) is 11.5 Å². The number of primary amides is 1. The molecule has 5 heteroatoms. The third-order valence-electron chi connectivity index (χ3n) is 2.71. The third-order valence-corrected chi connectivity index (χ3v) is 2.71. The zero-order valence-corrected chi connectivity index (χ0v) is 10.6. The molecule has 1 rings (SSSR count). The molecule has 0 spiro atoms. The van der Waals surface area contributed by atoms with Crippen molar-refractivity contribution in [3.63, 3.8) is 0 Å². The second kappa shape index (κ2) is 5.63. The summed E-state index contributed by atoms with van der Waals surface area (Å²) in [6.07, 6.45) is 0.884. The van der Waals surface area contributed by atoms with Crippen molar-refractivity contribution in [2.24, 2.45) is 11.5 Å². The largest absolute Gasteiger partial charge is 0.380 e. The molecule has 0 fully saturated rings. The maximum absolute atomic E-state index is 11.4. The first kappa shape index (κ1) is 13.4. The number of carbonyl (C=O) groups is 1. The van der Waals surface area contributed by atoms with Crippen LogP contribution in [0.4, 0.5) is 5.69 Å². The number of hydrogen-bond donors (Lipinski definition) is 3. The molecule has 94 valence electrons. The molecule has 1 amide bonds. The number of anilines is 1. The van der Waals surface area contributed by atoms with Crippen molar-refractivity contribution in [3.8, 4) is 0 Å². The molecule has 0 aliphatic rings. The van der Waals surface area contributed by atoms with Crippen LogP contribution in [-0.2, 0) is 0 Å². The van der Waals surface area contributed by atoms with Gasteiger partial charge in [0.2, 0.25) is 0 Å². The Bertz CT molecular complexity index is 413. The minimum atomic E-state index is -0.468. The summed E-state index contributed by atoms with van der Waals surface area (Å²) < 4.78 is 0. The Morgan fingerprint density at radius 1 is 1.53 bits per heavy atom. The average Bonchev–Trinajstić information content (AvgIpc) is 2.24. The number of hydrogen-bond acceptors (Lipinski definition) is 4. The van der Waals surface area contributed by atoms with Gasteiger partial charge in [-0.15, -0.1) is 0 Å². The SMILES string of the molecule is CCC(CN)Nc1cc(C)nc(C)c1C(N)=O. The predicted molar refractivity (Wildman–Crippen MR) is 69.0 cm³/mol. The lowest BCUT2D eigenvalue weighted by atomic mass is 10.1. The summed E-state index contributed by atoms with van der Waals surface area (Å²) in [6, 6.07) is 1.96. The van der Waals surface area contributed by atoms with Gasteiger partial charge in [-0.1, -0.05) is 6.92 Å². The zero-order valence-electron chi connectivity index (χ0n) is 10.6. The number of rotatable bonds is 5. The average molecular weight is 236 g/mol. The van der Waals surface area contributed by atoms with Gasteiger partial charge in [-0.3, -0.25) is 9.78 Å². The van der Waals surface area contributed by atoms with Crippen molar-refractivity contribution < 1.29 is 4.79 Å². The number of carbonyl (C=O) groups excluding carboxylic acids is 1. The van der Waals surface area contributed by atoms with Crippen LogP contribution in [0.2, 0.25) is 0 Å². The third kappa shape index (κ3) is 3.17. The number of pyridine rings is 1. The van der Waals surface area contributed by atoms with Gasteiger partial charge in [0.15, 0.2) is 0 Å². The predicted octanol–water partition coefficient (Wildman–Crippen LogP) is 0.947. The summed E-state index contributed by atoms with van der Waals surface area (Å²) in [7, 11) is 0. The maximum atomic E-state index is 11.4. The summed E-state index contributed by atoms with van der Waals surface area (Å²) in [5.41, 5.74) is 13.7. The van der Waals surface area contributed by atoms with Gasteiger partial charge in [0.05, 0.1) is 16.9 Å². The van der Waals surface area contributed by atoms with Crippen LogP contribution in [0.25, 0.3) is 0 Å². The van der Waals surface area contributed by atoms with Crippen molar-refractivity contribution in [3.05, 3.63) is 23.0 Å². The topological polar surface area (TPSA) is 94.0 Å². The Balaban J connectivity index is 3.16. The van der Waals surface area contributed by atoms with E-state index in [2.05, 4.69) is 10.3 Å². The fourth-order valence-electron chi connectivity index (χ4n) is 1.80. The highest BCUT2D eigenvalue weighted by atomic mass is 16.1. The molecule has 0 bridgehead atoms. The van der Waals surface area contributed by atoms with Crippen LogP contribution in [0.5, 0.6) is 0 Å². The van der Waals surface area contributed by atoms with Crippen molar-refractivity contribution in [2.45, 2.75) is 33.2 Å². The standard InChI is InChI=1S/C12H20N4O/c1-4-9(6-13)16-10-5-7(2)15-8(3)11(10)12(14)17/h5,9H,4,6,13H2,1-3H3,(H2,14,17)(H,15,16). The molecule has 17 heavy (non-hydrogen) atoms. The first-order valence-corrected chi connectivity index (χ1v) is 5.74. The van der Waals surface area contributed by atoms with Crippen LogP contribution >= 0.6 is 0 Å². The lowest BCUT2D eigenvalue weighted by molar-refractivity contribution is 0.1000. The van der Waals surface area contributed by atoms with E-state index in [-0.39, 0.29) is 6.04 Å². The van der Waals surface area contributed by atoms with Crippen LogP contribution in [0.1, 0.15) is 35.1 Å². The molecule has 0 saturated heterocycles. The van der Waals surface area contributed by atoms with E-state index in [1.807, 2.05) is 19.9 Å². The van der Waals surface area contributed by atoms with E-state index in [1.54, 1.807) is 6.92 Å². The molecule has 1 atom stereocenters. The van der Waals surface area contributed by atoms with Crippen LogP contribution in [0, 0.1) is 13.8 Å². The fourth-order valence-corrected chi connectivity index (χ4v) is 1.80. The molecule has 1 aromatic rings. The van der Waals surface area contributed by atoms with Crippen LogP contribution in [0.3, 0.4) is 0 Å². The molecule has 5 nitrogen and oxygen atoms in total. The van der Waals surface area contributed by atoms with Gasteiger partial charge in [-0.2, -0.15) is 0 Å². The fraction of sp³-hybridized carbons (Fsp3) is 0.500. The molecule has 0 saturated carbocycles. The Morgan fingerprint density at radius 2 is 2.18 bits per heavy atom. The van der Waals surface area contributed by atoms with Crippen LogP contribution in [-0.4, -0.2) is 23.5 Å². The molecule has 5 N–H and O–H groups in total. The maximum Gasteiger partial charge on any atom is 0.252 e. The van der Waals surface area contributed by atoms with E-state index in [9.17, 15) is 4.79 Å². The first-order valence-electron chi connectivity index (χ1n) is 5.74. The van der Waals surface area contributed by atoms with Gasteiger partial charge in [-0.05, 0) is 26.3 Å². The van der Waals surface area contributed by atoms with Crippen molar-refractivity contribution in [1.29, 1.82) is 0 Å². The summed E-state index contributed by atoms with van der Waals surface area (Å²) in [5, 5.41) is 3.24. The Hall–Kier alpha value is -1.62. The number of nitrogens with zero attached hydrogens (tertiary/aromatic N) is 1. The molecule has 0 aromatic carbocycles. The van der Waals surface area contributed by atoms with Crippen LogP contribution < -0.4 is 16.8 Å². The van der Waals surface area contributed by atoms with Gasteiger partial charge >= 0.3 is 0 Å². The number of amides is 1. The van der Waals surface area contributed by atoms with E-state index in [0.29, 0.717) is 17.8 Å². The summed E-state index contributed by atoms with van der Waals surface area (Å²) in [6.45, 7) is 6.21. The van der Waals surface area contributed by atoms with Gasteiger partial charge in [0.1, 0.15) is 0 Å². The second-order valence-corrected chi connectivity index (χ2v) is 4.12. The van der Waals surface area contributed by atoms with Gasteiger partial charge in [0, 0.05) is 18.3 Å². The smallest absolute Gasteiger partial charge is 0.252 e. The number of aryl methyl sites for hydroxylation is 2. The summed E-state index contributed by atoms with van der Waals surface area (Å²) in [4.78, 5) is 15.7. The van der Waals surface area contributed by atoms with Gasteiger partial charge in [-0.25, -0.2) is 0 Å². The Labute approximate surface area is 102 Å². The summed E-state index contributed by atoms with van der Waals surface area (Å²) >= 11 is 0.